The topological polar surface area (TPSA) is 84.5 Å². The minimum absolute atomic E-state index is 0.0840. The van der Waals surface area contributed by atoms with E-state index in [-0.39, 0.29) is 25.4 Å². The molecule has 0 aliphatic heterocycles. The molecule has 0 saturated carbocycles. The summed E-state index contributed by atoms with van der Waals surface area (Å²) in [6.07, 6.45) is 1.48. The van der Waals surface area contributed by atoms with Gasteiger partial charge in [-0.2, -0.15) is 0 Å². The summed E-state index contributed by atoms with van der Waals surface area (Å²) < 4.78 is 4.95. The first-order valence-electron chi connectivity index (χ1n) is 9.38. The monoisotopic (exact) mass is 382 g/mol. The molecule has 148 valence electrons. The number of esters is 1. The molecule has 0 bridgehead atoms. The van der Waals surface area contributed by atoms with Crippen LogP contribution in [0.5, 0.6) is 0 Å². The predicted octanol–water partition coefficient (Wildman–Crippen LogP) is 3.85. The molecule has 2 amide bonds. The summed E-state index contributed by atoms with van der Waals surface area (Å²) in [4.78, 5) is 35.6. The summed E-state index contributed by atoms with van der Waals surface area (Å²) in [5.74, 6) is -1.04. The maximum absolute atomic E-state index is 12.0. The Labute approximate surface area is 165 Å². The van der Waals surface area contributed by atoms with Crippen LogP contribution >= 0.6 is 0 Å². The highest BCUT2D eigenvalue weighted by molar-refractivity contribution is 5.93. The number of ether oxygens (including phenoxy) is 1. The fourth-order valence-electron chi connectivity index (χ4n) is 2.61. The van der Waals surface area contributed by atoms with E-state index in [1.165, 1.54) is 0 Å². The van der Waals surface area contributed by atoms with E-state index in [1.54, 1.807) is 12.1 Å². The number of aryl methyl sites for hydroxylation is 2. The van der Waals surface area contributed by atoms with Gasteiger partial charge in [0.1, 0.15) is 0 Å². The maximum Gasteiger partial charge on any atom is 0.306 e. The summed E-state index contributed by atoms with van der Waals surface area (Å²) in [6.45, 7) is 3.63. The van der Waals surface area contributed by atoms with Gasteiger partial charge in [-0.3, -0.25) is 14.4 Å². The zero-order valence-electron chi connectivity index (χ0n) is 16.3. The third-order valence-corrected chi connectivity index (χ3v) is 4.16. The average molecular weight is 382 g/mol. The van der Waals surface area contributed by atoms with Gasteiger partial charge in [0.05, 0.1) is 0 Å². The van der Waals surface area contributed by atoms with Crippen LogP contribution in [0.25, 0.3) is 0 Å². The fourth-order valence-corrected chi connectivity index (χ4v) is 2.61. The van der Waals surface area contributed by atoms with Crippen LogP contribution in [-0.2, 0) is 25.5 Å². The van der Waals surface area contributed by atoms with Crippen molar-refractivity contribution in [2.24, 2.45) is 0 Å². The number of carbonyl (C=O) groups excluding carboxylic acids is 3. The molecule has 0 unspecified atom stereocenters. The number of carbonyl (C=O) groups is 3. The standard InChI is InChI=1S/C22H26N2O4/c1-3-17-7-4-5-8-19(17)24-20(25)9-6-10-22(27)28-15-21(26)23-18-13-11-16(2)12-14-18/h4-5,7-8,11-14H,3,6,9-10,15H2,1-2H3,(H,23,26)(H,24,25). The van der Waals surface area contributed by atoms with Crippen molar-refractivity contribution in [1.29, 1.82) is 0 Å². The van der Waals surface area contributed by atoms with Gasteiger partial charge in [0.25, 0.3) is 5.91 Å². The van der Waals surface area contributed by atoms with Crippen molar-refractivity contribution < 1.29 is 19.1 Å². The van der Waals surface area contributed by atoms with Gasteiger partial charge in [-0.15, -0.1) is 0 Å². The molecule has 2 N–H and O–H groups in total. The fraction of sp³-hybridized carbons (Fsp3) is 0.318. The van der Waals surface area contributed by atoms with E-state index >= 15 is 0 Å². The van der Waals surface area contributed by atoms with E-state index in [1.807, 2.05) is 50.2 Å². The summed E-state index contributed by atoms with van der Waals surface area (Å²) in [5, 5.41) is 5.52. The Balaban J connectivity index is 1.64. The van der Waals surface area contributed by atoms with Crippen LogP contribution in [0.2, 0.25) is 0 Å². The number of benzene rings is 2. The Hall–Kier alpha value is -3.15. The lowest BCUT2D eigenvalue weighted by molar-refractivity contribution is -0.147. The molecular formula is C22H26N2O4. The van der Waals surface area contributed by atoms with Gasteiger partial charge in [0.15, 0.2) is 6.61 Å². The first kappa shape index (κ1) is 21.2. The van der Waals surface area contributed by atoms with Gasteiger partial charge in [-0.1, -0.05) is 42.8 Å². The van der Waals surface area contributed by atoms with Crippen molar-refractivity contribution in [3.8, 4) is 0 Å². The molecule has 2 aromatic carbocycles. The molecule has 2 aromatic rings. The van der Waals surface area contributed by atoms with Crippen molar-refractivity contribution in [2.45, 2.75) is 39.5 Å². The third-order valence-electron chi connectivity index (χ3n) is 4.16. The highest BCUT2D eigenvalue weighted by Gasteiger charge is 2.10. The van der Waals surface area contributed by atoms with Crippen LogP contribution in [0.4, 0.5) is 11.4 Å². The summed E-state index contributed by atoms with van der Waals surface area (Å²) in [6, 6.07) is 14.9. The lowest BCUT2D eigenvalue weighted by Gasteiger charge is -2.09. The van der Waals surface area contributed by atoms with Gasteiger partial charge < -0.3 is 15.4 Å². The molecule has 2 rings (SSSR count). The van der Waals surface area contributed by atoms with E-state index in [9.17, 15) is 14.4 Å². The highest BCUT2D eigenvalue weighted by atomic mass is 16.5. The zero-order chi connectivity index (χ0) is 20.4. The second-order valence-electron chi connectivity index (χ2n) is 6.49. The van der Waals surface area contributed by atoms with Crippen LogP contribution in [-0.4, -0.2) is 24.4 Å². The Kier molecular flexibility index (Phi) is 8.21. The number of para-hydroxylation sites is 1. The molecule has 28 heavy (non-hydrogen) atoms. The number of hydrogen-bond acceptors (Lipinski definition) is 4. The molecule has 0 spiro atoms. The Morgan fingerprint density at radius 2 is 1.61 bits per heavy atom. The first-order chi connectivity index (χ1) is 13.5. The van der Waals surface area contributed by atoms with Crippen molar-refractivity contribution >= 4 is 29.2 Å². The molecule has 0 heterocycles. The molecule has 0 fully saturated rings. The van der Waals surface area contributed by atoms with Crippen LogP contribution < -0.4 is 10.6 Å². The van der Waals surface area contributed by atoms with Crippen molar-refractivity contribution in [3.63, 3.8) is 0 Å². The van der Waals surface area contributed by atoms with Crippen LogP contribution in [0.1, 0.15) is 37.3 Å². The lowest BCUT2D eigenvalue weighted by atomic mass is 10.1. The number of amides is 2. The maximum atomic E-state index is 12.0. The third kappa shape index (κ3) is 7.23. The van der Waals surface area contributed by atoms with E-state index in [0.29, 0.717) is 12.1 Å². The summed E-state index contributed by atoms with van der Waals surface area (Å²) in [7, 11) is 0. The van der Waals surface area contributed by atoms with E-state index in [0.717, 1.165) is 23.2 Å². The number of rotatable bonds is 9. The Bertz CT molecular complexity index is 816. The molecule has 0 aromatic heterocycles. The zero-order valence-corrected chi connectivity index (χ0v) is 16.3. The van der Waals surface area contributed by atoms with Crippen LogP contribution in [0.3, 0.4) is 0 Å². The van der Waals surface area contributed by atoms with E-state index in [4.69, 9.17) is 4.74 Å². The predicted molar refractivity (Wildman–Crippen MR) is 109 cm³/mol. The first-order valence-corrected chi connectivity index (χ1v) is 9.38. The van der Waals surface area contributed by atoms with Crippen molar-refractivity contribution in [1.82, 2.24) is 0 Å². The Morgan fingerprint density at radius 3 is 2.32 bits per heavy atom. The van der Waals surface area contributed by atoms with Crippen LogP contribution in [0, 0.1) is 6.92 Å². The van der Waals surface area contributed by atoms with Crippen LogP contribution in [0.15, 0.2) is 48.5 Å². The number of nitrogens with one attached hydrogen (secondary N) is 2. The van der Waals surface area contributed by atoms with Gasteiger partial charge in [0.2, 0.25) is 5.91 Å². The molecular weight excluding hydrogens is 356 g/mol. The molecule has 0 aliphatic carbocycles. The second kappa shape index (κ2) is 10.9. The molecule has 0 aliphatic rings. The molecule has 0 saturated heterocycles. The highest BCUT2D eigenvalue weighted by Crippen LogP contribution is 2.16. The van der Waals surface area contributed by atoms with Crippen molar-refractivity contribution in [3.05, 3.63) is 59.7 Å². The summed E-state index contributed by atoms with van der Waals surface area (Å²) in [5.41, 5.74) is 3.60. The smallest absolute Gasteiger partial charge is 0.306 e. The SMILES string of the molecule is CCc1ccccc1NC(=O)CCCC(=O)OCC(=O)Nc1ccc(C)cc1. The van der Waals surface area contributed by atoms with Gasteiger partial charge in [-0.25, -0.2) is 0 Å². The Morgan fingerprint density at radius 1 is 0.893 bits per heavy atom. The number of hydrogen-bond donors (Lipinski definition) is 2. The normalized spacial score (nSPS) is 10.2. The van der Waals surface area contributed by atoms with E-state index < -0.39 is 11.9 Å². The quantitative estimate of drug-likeness (QED) is 0.645. The van der Waals surface area contributed by atoms with E-state index in [2.05, 4.69) is 10.6 Å². The minimum Gasteiger partial charge on any atom is -0.456 e. The minimum atomic E-state index is -0.499. The van der Waals surface area contributed by atoms with Gasteiger partial charge in [0, 0.05) is 24.2 Å². The summed E-state index contributed by atoms with van der Waals surface area (Å²) >= 11 is 0. The second-order valence-corrected chi connectivity index (χ2v) is 6.49. The van der Waals surface area contributed by atoms with Gasteiger partial charge >= 0.3 is 5.97 Å². The molecule has 0 radical (unpaired) electrons. The average Bonchev–Trinajstić information content (AvgIpc) is 2.68. The van der Waals surface area contributed by atoms with Gasteiger partial charge in [-0.05, 0) is 43.5 Å². The molecule has 6 heteroatoms. The molecule has 6 nitrogen and oxygen atoms in total. The lowest BCUT2D eigenvalue weighted by Crippen LogP contribution is -2.21. The largest absolute Gasteiger partial charge is 0.456 e. The number of anilines is 2. The molecule has 0 atom stereocenters. The van der Waals surface area contributed by atoms with Crippen molar-refractivity contribution in [2.75, 3.05) is 17.2 Å².